The Morgan fingerprint density at radius 1 is 1.30 bits per heavy atom. The molecule has 1 atom stereocenters. The van der Waals surface area contributed by atoms with Crippen molar-refractivity contribution in [3.05, 3.63) is 29.6 Å². The largest absolute Gasteiger partial charge is 0.494 e. The lowest BCUT2D eigenvalue weighted by Crippen LogP contribution is -2.33. The van der Waals surface area contributed by atoms with Crippen LogP contribution in [0.25, 0.3) is 0 Å². The summed E-state index contributed by atoms with van der Waals surface area (Å²) in [6.45, 7) is 7.57. The molecule has 0 radical (unpaired) electrons. The Bertz CT molecular complexity index is 394. The molecule has 3 nitrogen and oxygen atoms in total. The van der Waals surface area contributed by atoms with Gasteiger partial charge in [-0.1, -0.05) is 19.9 Å². The number of halogens is 1. The molecule has 0 aromatic heterocycles. The zero-order valence-corrected chi connectivity index (χ0v) is 13.1. The van der Waals surface area contributed by atoms with Gasteiger partial charge in [0.15, 0.2) is 11.6 Å². The number of hydrogen-bond acceptors (Lipinski definition) is 3. The summed E-state index contributed by atoms with van der Waals surface area (Å²) in [5.74, 6) is 0.0153. The Kier molecular flexibility index (Phi) is 7.55. The fraction of sp³-hybridized carbons (Fsp3) is 0.625. The number of methoxy groups -OCH3 is 1. The predicted molar refractivity (Wildman–Crippen MR) is 81.9 cm³/mol. The number of rotatable bonds is 9. The number of benzene rings is 1. The quantitative estimate of drug-likeness (QED) is 0.753. The van der Waals surface area contributed by atoms with Gasteiger partial charge in [0.05, 0.1) is 7.11 Å². The molecular formula is C16H27FN2O. The van der Waals surface area contributed by atoms with Crippen molar-refractivity contribution in [1.82, 2.24) is 10.2 Å². The molecule has 0 amide bonds. The number of hydrogen-bond donors (Lipinski definition) is 1. The first-order valence-electron chi connectivity index (χ1n) is 7.36. The Labute approximate surface area is 122 Å². The number of likely N-dealkylation sites (N-methyl/N-ethyl adjacent to an activating group) is 1. The van der Waals surface area contributed by atoms with Crippen LogP contribution in [0.5, 0.6) is 5.75 Å². The van der Waals surface area contributed by atoms with Crippen LogP contribution in [0.4, 0.5) is 4.39 Å². The van der Waals surface area contributed by atoms with Crippen LogP contribution in [-0.4, -0.2) is 44.7 Å². The molecule has 0 aliphatic heterocycles. The molecule has 1 rings (SSSR count). The van der Waals surface area contributed by atoms with Crippen LogP contribution in [0.15, 0.2) is 18.2 Å². The minimum Gasteiger partial charge on any atom is -0.494 e. The van der Waals surface area contributed by atoms with Gasteiger partial charge in [-0.05, 0) is 57.2 Å². The second-order valence-corrected chi connectivity index (χ2v) is 4.97. The van der Waals surface area contributed by atoms with Crippen LogP contribution in [0, 0.1) is 5.82 Å². The Hall–Kier alpha value is -1.13. The minimum absolute atomic E-state index is 0.288. The number of nitrogens with one attached hydrogen (secondary N) is 1. The standard InChI is InChI=1S/C16H27FN2O/c1-5-19(6-2)10-9-14(18-3)11-13-7-8-16(20-4)15(17)12-13/h7-8,12,14,18H,5-6,9-11H2,1-4H3. The number of nitrogens with zero attached hydrogens (tertiary/aromatic N) is 1. The van der Waals surface area contributed by atoms with E-state index >= 15 is 0 Å². The molecule has 0 saturated carbocycles. The summed E-state index contributed by atoms with van der Waals surface area (Å²) in [7, 11) is 3.45. The van der Waals surface area contributed by atoms with Gasteiger partial charge in [-0.3, -0.25) is 0 Å². The predicted octanol–water partition coefficient (Wildman–Crippen LogP) is 2.70. The molecule has 0 heterocycles. The Morgan fingerprint density at radius 3 is 2.50 bits per heavy atom. The van der Waals surface area contributed by atoms with E-state index in [9.17, 15) is 4.39 Å². The fourth-order valence-electron chi connectivity index (χ4n) is 2.35. The van der Waals surface area contributed by atoms with Gasteiger partial charge in [0, 0.05) is 6.04 Å². The Balaban J connectivity index is 2.57. The first kappa shape index (κ1) is 16.9. The van der Waals surface area contributed by atoms with Crippen molar-refractivity contribution < 1.29 is 9.13 Å². The van der Waals surface area contributed by atoms with Crippen molar-refractivity contribution in [2.45, 2.75) is 32.7 Å². The van der Waals surface area contributed by atoms with Crippen LogP contribution in [0.1, 0.15) is 25.8 Å². The molecule has 0 aliphatic rings. The maximum Gasteiger partial charge on any atom is 0.165 e. The van der Waals surface area contributed by atoms with E-state index in [2.05, 4.69) is 24.1 Å². The molecule has 0 saturated heterocycles. The monoisotopic (exact) mass is 282 g/mol. The van der Waals surface area contributed by atoms with Gasteiger partial charge in [0.2, 0.25) is 0 Å². The van der Waals surface area contributed by atoms with E-state index in [4.69, 9.17) is 4.74 Å². The molecule has 0 spiro atoms. The van der Waals surface area contributed by atoms with Crippen molar-refractivity contribution in [1.29, 1.82) is 0 Å². The van der Waals surface area contributed by atoms with Crippen molar-refractivity contribution >= 4 is 0 Å². The molecular weight excluding hydrogens is 255 g/mol. The fourth-order valence-corrected chi connectivity index (χ4v) is 2.35. The molecule has 114 valence electrons. The minimum atomic E-state index is -0.288. The average Bonchev–Trinajstić information content (AvgIpc) is 2.47. The van der Waals surface area contributed by atoms with Crippen LogP contribution in [-0.2, 0) is 6.42 Å². The third-order valence-corrected chi connectivity index (χ3v) is 3.79. The highest BCUT2D eigenvalue weighted by Gasteiger charge is 2.11. The van der Waals surface area contributed by atoms with Crippen LogP contribution >= 0.6 is 0 Å². The molecule has 20 heavy (non-hydrogen) atoms. The van der Waals surface area contributed by atoms with E-state index in [1.807, 2.05) is 13.1 Å². The molecule has 1 N–H and O–H groups in total. The van der Waals surface area contributed by atoms with Crippen molar-refractivity contribution in [2.75, 3.05) is 33.8 Å². The van der Waals surface area contributed by atoms with Gasteiger partial charge in [-0.25, -0.2) is 4.39 Å². The third-order valence-electron chi connectivity index (χ3n) is 3.79. The lowest BCUT2D eigenvalue weighted by Gasteiger charge is -2.22. The van der Waals surface area contributed by atoms with E-state index < -0.39 is 0 Å². The maximum absolute atomic E-state index is 13.7. The summed E-state index contributed by atoms with van der Waals surface area (Å²) in [6, 6.07) is 5.56. The summed E-state index contributed by atoms with van der Waals surface area (Å²) in [5, 5.41) is 3.32. The topological polar surface area (TPSA) is 24.5 Å². The highest BCUT2D eigenvalue weighted by Crippen LogP contribution is 2.19. The first-order chi connectivity index (χ1) is 9.64. The summed E-state index contributed by atoms with van der Waals surface area (Å²) in [5.41, 5.74) is 1.00. The van der Waals surface area contributed by atoms with Crippen molar-refractivity contribution in [3.63, 3.8) is 0 Å². The maximum atomic E-state index is 13.7. The van der Waals surface area contributed by atoms with Crippen LogP contribution in [0.3, 0.4) is 0 Å². The molecule has 1 aromatic rings. The van der Waals surface area contributed by atoms with Gasteiger partial charge >= 0.3 is 0 Å². The molecule has 0 fully saturated rings. The average molecular weight is 282 g/mol. The van der Waals surface area contributed by atoms with E-state index in [-0.39, 0.29) is 5.82 Å². The second-order valence-electron chi connectivity index (χ2n) is 4.97. The summed E-state index contributed by atoms with van der Waals surface area (Å²) >= 11 is 0. The Morgan fingerprint density at radius 2 is 2.00 bits per heavy atom. The highest BCUT2D eigenvalue weighted by molar-refractivity contribution is 5.29. The van der Waals surface area contributed by atoms with Crippen LogP contribution < -0.4 is 10.1 Å². The van der Waals surface area contributed by atoms with Gasteiger partial charge < -0.3 is 15.0 Å². The first-order valence-corrected chi connectivity index (χ1v) is 7.36. The molecule has 4 heteroatoms. The SMILES string of the molecule is CCN(CC)CCC(Cc1ccc(OC)c(F)c1)NC. The van der Waals surface area contributed by atoms with Crippen LogP contribution in [0.2, 0.25) is 0 Å². The lowest BCUT2D eigenvalue weighted by molar-refractivity contribution is 0.283. The van der Waals surface area contributed by atoms with E-state index in [0.29, 0.717) is 11.8 Å². The summed E-state index contributed by atoms with van der Waals surface area (Å²) in [6.07, 6.45) is 1.89. The van der Waals surface area contributed by atoms with Gasteiger partial charge in [-0.2, -0.15) is 0 Å². The van der Waals surface area contributed by atoms with Crippen molar-refractivity contribution in [3.8, 4) is 5.75 Å². The van der Waals surface area contributed by atoms with Gasteiger partial charge in [-0.15, -0.1) is 0 Å². The second kappa shape index (κ2) is 8.93. The van der Waals surface area contributed by atoms with E-state index in [0.717, 1.165) is 38.0 Å². The normalized spacial score (nSPS) is 12.7. The van der Waals surface area contributed by atoms with Gasteiger partial charge in [0.1, 0.15) is 0 Å². The molecule has 1 aromatic carbocycles. The summed E-state index contributed by atoms with van der Waals surface area (Å²) < 4.78 is 18.6. The summed E-state index contributed by atoms with van der Waals surface area (Å²) in [4.78, 5) is 2.40. The zero-order valence-electron chi connectivity index (χ0n) is 13.1. The lowest BCUT2D eigenvalue weighted by atomic mass is 10.0. The van der Waals surface area contributed by atoms with Gasteiger partial charge in [0.25, 0.3) is 0 Å². The molecule has 0 aliphatic carbocycles. The van der Waals surface area contributed by atoms with E-state index in [1.54, 1.807) is 12.1 Å². The highest BCUT2D eigenvalue weighted by atomic mass is 19.1. The van der Waals surface area contributed by atoms with E-state index in [1.165, 1.54) is 7.11 Å². The number of ether oxygens (including phenoxy) is 1. The molecule has 1 unspecified atom stereocenters. The van der Waals surface area contributed by atoms with Crippen molar-refractivity contribution in [2.24, 2.45) is 0 Å². The molecule has 0 bridgehead atoms. The third kappa shape index (κ3) is 5.10. The smallest absolute Gasteiger partial charge is 0.165 e. The zero-order chi connectivity index (χ0) is 15.0.